The Hall–Kier alpha value is -2.90. The number of nitrogens with zero attached hydrogens (tertiary/aromatic N) is 1. The SMILES string of the molecule is Cc1cc(C(=O)Nc2cccc(C(F)(F)F)c2)ccc1[N+](=O)[O-]. The standard InChI is InChI=1S/C15H11F3N2O3/c1-9-7-10(5-6-13(9)20(22)23)14(21)19-12-4-2-3-11(8-12)15(16,17)18/h2-8H,1H3,(H,19,21). The molecule has 0 aliphatic rings. The molecule has 0 spiro atoms. The number of nitro groups is 1. The number of nitro benzene ring substituents is 1. The summed E-state index contributed by atoms with van der Waals surface area (Å²) < 4.78 is 37.9. The van der Waals surface area contributed by atoms with E-state index in [1.807, 2.05) is 0 Å². The highest BCUT2D eigenvalue weighted by molar-refractivity contribution is 6.04. The number of alkyl halides is 3. The van der Waals surface area contributed by atoms with Crippen molar-refractivity contribution in [1.29, 1.82) is 0 Å². The van der Waals surface area contributed by atoms with Gasteiger partial charge < -0.3 is 5.32 Å². The quantitative estimate of drug-likeness (QED) is 0.680. The molecular formula is C15H11F3N2O3. The van der Waals surface area contributed by atoms with E-state index < -0.39 is 22.6 Å². The Bertz CT molecular complexity index is 773. The van der Waals surface area contributed by atoms with Crippen LogP contribution in [0.1, 0.15) is 21.5 Å². The molecule has 1 amide bonds. The minimum absolute atomic E-state index is 0.0131. The van der Waals surface area contributed by atoms with E-state index in [-0.39, 0.29) is 22.5 Å². The Labute approximate surface area is 128 Å². The van der Waals surface area contributed by atoms with Crippen molar-refractivity contribution in [1.82, 2.24) is 0 Å². The molecule has 0 radical (unpaired) electrons. The number of anilines is 1. The minimum atomic E-state index is -4.51. The number of nitrogens with one attached hydrogen (secondary N) is 1. The van der Waals surface area contributed by atoms with Gasteiger partial charge in [-0.1, -0.05) is 6.07 Å². The number of amides is 1. The number of halogens is 3. The van der Waals surface area contributed by atoms with E-state index in [9.17, 15) is 28.1 Å². The van der Waals surface area contributed by atoms with Crippen LogP contribution >= 0.6 is 0 Å². The Kier molecular flexibility index (Phi) is 4.35. The van der Waals surface area contributed by atoms with Crippen LogP contribution < -0.4 is 5.32 Å². The molecule has 0 fully saturated rings. The van der Waals surface area contributed by atoms with Crippen molar-refractivity contribution in [3.8, 4) is 0 Å². The second kappa shape index (κ2) is 6.07. The van der Waals surface area contributed by atoms with Crippen LogP contribution in [0, 0.1) is 17.0 Å². The molecule has 0 saturated heterocycles. The summed E-state index contributed by atoms with van der Waals surface area (Å²) in [6.45, 7) is 1.47. The number of carbonyl (C=O) groups is 1. The number of hydrogen-bond donors (Lipinski definition) is 1. The molecule has 120 valence electrons. The van der Waals surface area contributed by atoms with Crippen LogP contribution in [-0.4, -0.2) is 10.8 Å². The van der Waals surface area contributed by atoms with Gasteiger partial charge in [0, 0.05) is 22.9 Å². The topological polar surface area (TPSA) is 72.2 Å². The van der Waals surface area contributed by atoms with Gasteiger partial charge >= 0.3 is 6.18 Å². The van der Waals surface area contributed by atoms with Gasteiger partial charge in [-0.2, -0.15) is 13.2 Å². The van der Waals surface area contributed by atoms with Crippen LogP contribution in [0.3, 0.4) is 0 Å². The van der Waals surface area contributed by atoms with Crippen LogP contribution in [0.4, 0.5) is 24.5 Å². The number of aryl methyl sites for hydroxylation is 1. The monoisotopic (exact) mass is 324 g/mol. The highest BCUT2D eigenvalue weighted by Gasteiger charge is 2.30. The van der Waals surface area contributed by atoms with Crippen molar-refractivity contribution < 1.29 is 22.9 Å². The summed E-state index contributed by atoms with van der Waals surface area (Å²) in [5.74, 6) is -0.651. The zero-order chi connectivity index (χ0) is 17.2. The van der Waals surface area contributed by atoms with Gasteiger partial charge in [-0.05, 0) is 37.3 Å². The van der Waals surface area contributed by atoms with Gasteiger partial charge in [0.1, 0.15) is 0 Å². The van der Waals surface area contributed by atoms with Crippen molar-refractivity contribution in [2.75, 3.05) is 5.32 Å². The number of carbonyl (C=O) groups excluding carboxylic acids is 1. The average Bonchev–Trinajstić information content (AvgIpc) is 2.46. The fourth-order valence-corrected chi connectivity index (χ4v) is 1.98. The van der Waals surface area contributed by atoms with E-state index in [1.165, 1.54) is 37.3 Å². The summed E-state index contributed by atoms with van der Waals surface area (Å²) in [5.41, 5.74) is -0.631. The predicted octanol–water partition coefficient (Wildman–Crippen LogP) is 4.17. The van der Waals surface area contributed by atoms with Gasteiger partial charge in [-0.3, -0.25) is 14.9 Å². The molecule has 0 saturated carbocycles. The number of hydrogen-bond acceptors (Lipinski definition) is 3. The maximum atomic E-state index is 12.6. The molecule has 0 aromatic heterocycles. The van der Waals surface area contributed by atoms with Crippen LogP contribution in [0.25, 0.3) is 0 Å². The van der Waals surface area contributed by atoms with Gasteiger partial charge in [0.05, 0.1) is 10.5 Å². The van der Waals surface area contributed by atoms with Crippen molar-refractivity contribution in [3.63, 3.8) is 0 Å². The Balaban J connectivity index is 2.23. The number of benzene rings is 2. The fourth-order valence-electron chi connectivity index (χ4n) is 1.98. The molecule has 23 heavy (non-hydrogen) atoms. The molecule has 2 rings (SSSR count). The van der Waals surface area contributed by atoms with E-state index in [2.05, 4.69) is 5.32 Å². The number of rotatable bonds is 3. The first kappa shape index (κ1) is 16.5. The maximum Gasteiger partial charge on any atom is 0.416 e. The molecular weight excluding hydrogens is 313 g/mol. The van der Waals surface area contributed by atoms with Crippen molar-refractivity contribution in [2.45, 2.75) is 13.1 Å². The van der Waals surface area contributed by atoms with Crippen LogP contribution in [0.2, 0.25) is 0 Å². The first-order valence-corrected chi connectivity index (χ1v) is 6.42. The van der Waals surface area contributed by atoms with Gasteiger partial charge in [0.2, 0.25) is 0 Å². The summed E-state index contributed by atoms with van der Waals surface area (Å²) in [7, 11) is 0. The van der Waals surface area contributed by atoms with E-state index in [0.29, 0.717) is 0 Å². The Morgan fingerprint density at radius 2 is 1.87 bits per heavy atom. The van der Waals surface area contributed by atoms with Crippen molar-refractivity contribution in [3.05, 3.63) is 69.3 Å². The van der Waals surface area contributed by atoms with Gasteiger partial charge in [0.25, 0.3) is 11.6 Å². The molecule has 0 unspecified atom stereocenters. The van der Waals surface area contributed by atoms with Crippen molar-refractivity contribution >= 4 is 17.3 Å². The third-order valence-corrected chi connectivity index (χ3v) is 3.10. The van der Waals surface area contributed by atoms with Gasteiger partial charge in [-0.15, -0.1) is 0 Å². The second-order valence-electron chi connectivity index (χ2n) is 4.79. The summed E-state index contributed by atoms with van der Waals surface area (Å²) >= 11 is 0. The summed E-state index contributed by atoms with van der Waals surface area (Å²) in [6.07, 6.45) is -4.51. The molecule has 0 bridgehead atoms. The third kappa shape index (κ3) is 3.85. The molecule has 5 nitrogen and oxygen atoms in total. The summed E-state index contributed by atoms with van der Waals surface area (Å²) in [5, 5.41) is 13.1. The normalized spacial score (nSPS) is 11.1. The minimum Gasteiger partial charge on any atom is -0.322 e. The molecule has 8 heteroatoms. The highest BCUT2D eigenvalue weighted by atomic mass is 19.4. The van der Waals surface area contributed by atoms with E-state index in [4.69, 9.17) is 0 Å². The third-order valence-electron chi connectivity index (χ3n) is 3.10. The molecule has 0 aliphatic heterocycles. The van der Waals surface area contributed by atoms with E-state index in [1.54, 1.807) is 0 Å². The van der Waals surface area contributed by atoms with Crippen LogP contribution in [-0.2, 0) is 6.18 Å². The molecule has 2 aromatic rings. The Morgan fingerprint density at radius 1 is 1.17 bits per heavy atom. The molecule has 0 aliphatic carbocycles. The van der Waals surface area contributed by atoms with E-state index >= 15 is 0 Å². The lowest BCUT2D eigenvalue weighted by atomic mass is 10.1. The molecule has 2 aromatic carbocycles. The maximum absolute atomic E-state index is 12.6. The fraction of sp³-hybridized carbons (Fsp3) is 0.133. The zero-order valence-electron chi connectivity index (χ0n) is 11.8. The summed E-state index contributed by atoms with van der Waals surface area (Å²) in [4.78, 5) is 22.2. The Morgan fingerprint density at radius 3 is 2.43 bits per heavy atom. The lowest BCUT2D eigenvalue weighted by molar-refractivity contribution is -0.385. The molecule has 0 atom stereocenters. The first-order chi connectivity index (χ1) is 10.7. The second-order valence-corrected chi connectivity index (χ2v) is 4.79. The molecule has 0 heterocycles. The first-order valence-electron chi connectivity index (χ1n) is 6.42. The van der Waals surface area contributed by atoms with Gasteiger partial charge in [0.15, 0.2) is 0 Å². The zero-order valence-corrected chi connectivity index (χ0v) is 11.8. The molecule has 1 N–H and O–H groups in total. The lowest BCUT2D eigenvalue weighted by Crippen LogP contribution is -2.13. The highest BCUT2D eigenvalue weighted by Crippen LogP contribution is 2.30. The predicted molar refractivity (Wildman–Crippen MR) is 77.2 cm³/mol. The van der Waals surface area contributed by atoms with Crippen molar-refractivity contribution in [2.24, 2.45) is 0 Å². The van der Waals surface area contributed by atoms with Crippen LogP contribution in [0.15, 0.2) is 42.5 Å². The smallest absolute Gasteiger partial charge is 0.322 e. The lowest BCUT2D eigenvalue weighted by Gasteiger charge is -2.10. The van der Waals surface area contributed by atoms with E-state index in [0.717, 1.165) is 12.1 Å². The largest absolute Gasteiger partial charge is 0.416 e. The average molecular weight is 324 g/mol. The van der Waals surface area contributed by atoms with Gasteiger partial charge in [-0.25, -0.2) is 0 Å². The van der Waals surface area contributed by atoms with Crippen LogP contribution in [0.5, 0.6) is 0 Å². The summed E-state index contributed by atoms with van der Waals surface area (Å²) in [6, 6.07) is 7.94.